The smallest absolute Gasteiger partial charge is 0.253 e. The molecule has 0 aliphatic heterocycles. The van der Waals surface area contributed by atoms with Gasteiger partial charge in [0.2, 0.25) is 18.2 Å². The molecule has 2 heterocycles. The van der Waals surface area contributed by atoms with Crippen molar-refractivity contribution in [2.45, 2.75) is 51.2 Å². The molecule has 0 atom stereocenters. The molecular formula is C17H22N4O4. The minimum Gasteiger partial charge on any atom is -0.482 e. The van der Waals surface area contributed by atoms with Crippen LogP contribution < -0.4 is 14.8 Å². The fourth-order valence-electron chi connectivity index (χ4n) is 3.60. The van der Waals surface area contributed by atoms with Gasteiger partial charge in [0.1, 0.15) is 5.75 Å². The van der Waals surface area contributed by atoms with Crippen LogP contribution >= 0.6 is 0 Å². The van der Waals surface area contributed by atoms with E-state index in [-0.39, 0.29) is 17.6 Å². The second-order valence-electron chi connectivity index (χ2n) is 7.02. The number of aryl methyl sites for hydroxylation is 1. The van der Waals surface area contributed by atoms with E-state index in [4.69, 9.17) is 13.9 Å². The molecule has 3 rings (SSSR count). The van der Waals surface area contributed by atoms with Crippen molar-refractivity contribution < 1.29 is 18.7 Å². The van der Waals surface area contributed by atoms with Gasteiger partial charge in [-0.1, -0.05) is 6.92 Å². The molecule has 1 fully saturated rings. The number of nitrogens with one attached hydrogen (secondary N) is 1. The van der Waals surface area contributed by atoms with Crippen LogP contribution in [0.25, 0.3) is 0 Å². The van der Waals surface area contributed by atoms with Gasteiger partial charge in [-0.15, -0.1) is 10.2 Å². The second-order valence-corrected chi connectivity index (χ2v) is 7.02. The van der Waals surface area contributed by atoms with Crippen LogP contribution in [-0.2, 0) is 16.8 Å². The zero-order valence-electron chi connectivity index (χ0n) is 14.8. The van der Waals surface area contributed by atoms with Crippen LogP contribution in [0, 0.1) is 6.92 Å². The highest BCUT2D eigenvalue weighted by molar-refractivity contribution is 5.49. The summed E-state index contributed by atoms with van der Waals surface area (Å²) in [4.78, 5) is 14.8. The van der Waals surface area contributed by atoms with Crippen LogP contribution in [0.15, 0.2) is 16.7 Å². The van der Waals surface area contributed by atoms with Gasteiger partial charge >= 0.3 is 0 Å². The molecule has 134 valence electrons. The minimum atomic E-state index is -0.228. The van der Waals surface area contributed by atoms with Crippen molar-refractivity contribution >= 4 is 6.41 Å². The number of hydrogen-bond donors (Lipinski definition) is 1. The van der Waals surface area contributed by atoms with E-state index in [0.717, 1.165) is 24.8 Å². The number of pyridine rings is 1. The van der Waals surface area contributed by atoms with Crippen molar-refractivity contribution in [3.8, 4) is 11.6 Å². The van der Waals surface area contributed by atoms with Crippen molar-refractivity contribution in [3.05, 3.63) is 29.6 Å². The van der Waals surface area contributed by atoms with Gasteiger partial charge in [0.25, 0.3) is 5.89 Å². The fourth-order valence-corrected chi connectivity index (χ4v) is 3.60. The van der Waals surface area contributed by atoms with E-state index in [9.17, 15) is 4.79 Å². The maximum Gasteiger partial charge on any atom is 0.253 e. The summed E-state index contributed by atoms with van der Waals surface area (Å²) >= 11 is 0. The Labute approximate surface area is 145 Å². The molecule has 8 nitrogen and oxygen atoms in total. The van der Waals surface area contributed by atoms with E-state index in [2.05, 4.69) is 27.4 Å². The zero-order valence-corrected chi connectivity index (χ0v) is 14.8. The quantitative estimate of drug-likeness (QED) is 0.765. The molecule has 0 radical (unpaired) electrons. The van der Waals surface area contributed by atoms with Crippen LogP contribution in [0.3, 0.4) is 0 Å². The van der Waals surface area contributed by atoms with Crippen LogP contribution in [0.2, 0.25) is 0 Å². The highest BCUT2D eigenvalue weighted by Gasteiger charge is 2.53. The molecule has 1 aliphatic rings. The molecule has 2 aromatic heterocycles. The van der Waals surface area contributed by atoms with Crippen LogP contribution in [0.5, 0.6) is 11.6 Å². The van der Waals surface area contributed by atoms with Crippen LogP contribution in [-0.4, -0.2) is 34.2 Å². The summed E-state index contributed by atoms with van der Waals surface area (Å²) in [6, 6.07) is 1.84. The van der Waals surface area contributed by atoms with Gasteiger partial charge in [-0.2, -0.15) is 0 Å². The SMILES string of the molecule is COc1ncc(OCc2nnc(C3(C)CC(C)(NC=O)C3)o2)cc1C. The first-order chi connectivity index (χ1) is 11.9. The fraction of sp³-hybridized carbons (Fsp3) is 0.529. The molecule has 1 saturated carbocycles. The Hall–Kier alpha value is -2.64. The van der Waals surface area contributed by atoms with E-state index >= 15 is 0 Å². The number of nitrogens with zero attached hydrogens (tertiary/aromatic N) is 3. The third-order valence-corrected chi connectivity index (χ3v) is 4.51. The summed E-state index contributed by atoms with van der Waals surface area (Å²) < 4.78 is 16.5. The standard InChI is InChI=1S/C17H22N4O4/c1-11-5-12(6-18-14(11)23-4)24-7-13-20-21-15(25-13)16(2)8-17(3,9-16)19-10-22/h5-6,10H,7-9H2,1-4H3,(H,19,22). The van der Waals surface area contributed by atoms with E-state index in [1.165, 1.54) is 0 Å². The zero-order chi connectivity index (χ0) is 18.1. The molecule has 25 heavy (non-hydrogen) atoms. The molecule has 0 bridgehead atoms. The van der Waals surface area contributed by atoms with Gasteiger partial charge in [-0.25, -0.2) is 4.98 Å². The third kappa shape index (κ3) is 3.42. The summed E-state index contributed by atoms with van der Waals surface area (Å²) in [6.07, 6.45) is 3.83. The first-order valence-electron chi connectivity index (χ1n) is 8.05. The Balaban J connectivity index is 1.61. The summed E-state index contributed by atoms with van der Waals surface area (Å²) in [5.74, 6) is 2.15. The van der Waals surface area contributed by atoms with Crippen LogP contribution in [0.1, 0.15) is 44.0 Å². The number of hydrogen-bond acceptors (Lipinski definition) is 7. The van der Waals surface area contributed by atoms with Gasteiger partial charge in [0, 0.05) is 11.1 Å². The average molecular weight is 346 g/mol. The molecule has 0 aromatic carbocycles. The van der Waals surface area contributed by atoms with E-state index < -0.39 is 0 Å². The average Bonchev–Trinajstić information content (AvgIpc) is 3.01. The van der Waals surface area contributed by atoms with E-state index in [1.807, 2.05) is 19.9 Å². The highest BCUT2D eigenvalue weighted by Crippen LogP contribution is 2.49. The number of aromatic nitrogens is 3. The Kier molecular flexibility index (Phi) is 4.36. The van der Waals surface area contributed by atoms with Crippen molar-refractivity contribution in [2.24, 2.45) is 0 Å². The van der Waals surface area contributed by atoms with E-state index in [1.54, 1.807) is 13.3 Å². The van der Waals surface area contributed by atoms with Crippen LogP contribution in [0.4, 0.5) is 0 Å². The number of carbonyl (C=O) groups excluding carboxylic acids is 1. The maximum atomic E-state index is 10.7. The maximum absolute atomic E-state index is 10.7. The first-order valence-corrected chi connectivity index (χ1v) is 8.05. The molecule has 1 N–H and O–H groups in total. The third-order valence-electron chi connectivity index (χ3n) is 4.51. The number of amides is 1. The largest absolute Gasteiger partial charge is 0.482 e. The van der Waals surface area contributed by atoms with Gasteiger partial charge < -0.3 is 19.2 Å². The predicted octanol–water partition coefficient (Wildman–Crippen LogP) is 1.92. The predicted molar refractivity (Wildman–Crippen MR) is 88.3 cm³/mol. The molecule has 1 aliphatic carbocycles. The molecule has 0 unspecified atom stereocenters. The van der Waals surface area contributed by atoms with Gasteiger partial charge in [-0.3, -0.25) is 4.79 Å². The number of carbonyl (C=O) groups is 1. The normalized spacial score (nSPS) is 25.1. The van der Waals surface area contributed by atoms with Crippen molar-refractivity contribution in [2.75, 3.05) is 7.11 Å². The Morgan fingerprint density at radius 2 is 2.12 bits per heavy atom. The van der Waals surface area contributed by atoms with Crippen molar-refractivity contribution in [1.82, 2.24) is 20.5 Å². The van der Waals surface area contributed by atoms with Gasteiger partial charge in [0.05, 0.1) is 18.7 Å². The highest BCUT2D eigenvalue weighted by atomic mass is 16.5. The van der Waals surface area contributed by atoms with Gasteiger partial charge in [0.15, 0.2) is 6.61 Å². The summed E-state index contributed by atoms with van der Waals surface area (Å²) in [6.45, 7) is 6.12. The molecule has 1 amide bonds. The summed E-state index contributed by atoms with van der Waals surface area (Å²) in [5, 5.41) is 11.0. The molecule has 8 heteroatoms. The lowest BCUT2D eigenvalue weighted by molar-refractivity contribution is -0.113. The Morgan fingerprint density at radius 3 is 2.76 bits per heavy atom. The number of rotatable bonds is 7. The van der Waals surface area contributed by atoms with Crippen molar-refractivity contribution in [1.29, 1.82) is 0 Å². The minimum absolute atomic E-state index is 0.167. The monoisotopic (exact) mass is 346 g/mol. The molecular weight excluding hydrogens is 324 g/mol. The van der Waals surface area contributed by atoms with E-state index in [0.29, 0.717) is 23.4 Å². The number of ether oxygens (including phenoxy) is 2. The van der Waals surface area contributed by atoms with Gasteiger partial charge in [-0.05, 0) is 32.8 Å². The molecule has 2 aromatic rings. The Morgan fingerprint density at radius 1 is 1.36 bits per heavy atom. The molecule has 0 spiro atoms. The summed E-state index contributed by atoms with van der Waals surface area (Å²) in [5.41, 5.74) is 0.442. The second kappa shape index (κ2) is 6.34. The molecule has 0 saturated heterocycles. The lowest BCUT2D eigenvalue weighted by Gasteiger charge is -2.50. The lowest BCUT2D eigenvalue weighted by atomic mass is 9.59. The van der Waals surface area contributed by atoms with Crippen molar-refractivity contribution in [3.63, 3.8) is 0 Å². The lowest BCUT2D eigenvalue weighted by Crippen LogP contribution is -2.59. The number of methoxy groups -OCH3 is 1. The first kappa shape index (κ1) is 17.2. The Bertz CT molecular complexity index is 768. The topological polar surface area (TPSA) is 99.4 Å². The summed E-state index contributed by atoms with van der Waals surface area (Å²) in [7, 11) is 1.58.